The third-order valence-electron chi connectivity index (χ3n) is 2.81. The molecule has 0 fully saturated rings. The van der Waals surface area contributed by atoms with Gasteiger partial charge in [-0.3, -0.25) is 4.79 Å². The summed E-state index contributed by atoms with van der Waals surface area (Å²) in [5.74, 6) is -2.34. The molecule has 0 amide bonds. The second-order valence-electron chi connectivity index (χ2n) is 4.18. The van der Waals surface area contributed by atoms with E-state index in [-0.39, 0.29) is 11.3 Å². The van der Waals surface area contributed by atoms with Crippen molar-refractivity contribution in [2.24, 2.45) is 0 Å². The average Bonchev–Trinajstić information content (AvgIpc) is 2.40. The van der Waals surface area contributed by atoms with Gasteiger partial charge in [0.25, 0.3) is 0 Å². The maximum Gasteiger partial charge on any atom is 0.185 e. The third kappa shape index (κ3) is 3.13. The number of aryl methyl sites for hydroxylation is 1. The summed E-state index contributed by atoms with van der Waals surface area (Å²) in [6.07, 6.45) is 3.02. The number of hydrogen-bond donors (Lipinski definition) is 0. The van der Waals surface area contributed by atoms with Crippen LogP contribution in [0, 0.1) is 18.6 Å². The largest absolute Gasteiger partial charge is 0.289 e. The predicted octanol–water partition coefficient (Wildman–Crippen LogP) is 4.17. The van der Waals surface area contributed by atoms with Crippen molar-refractivity contribution in [3.8, 4) is 0 Å². The summed E-state index contributed by atoms with van der Waals surface area (Å²) in [6, 6.07) is 10.7. The van der Waals surface area contributed by atoms with E-state index in [1.165, 1.54) is 12.1 Å². The van der Waals surface area contributed by atoms with Gasteiger partial charge < -0.3 is 0 Å². The fourth-order valence-electron chi connectivity index (χ4n) is 1.68. The van der Waals surface area contributed by atoms with Crippen LogP contribution in [-0.4, -0.2) is 5.78 Å². The molecule has 0 aliphatic rings. The summed E-state index contributed by atoms with van der Waals surface area (Å²) in [4.78, 5) is 11.8. The zero-order chi connectivity index (χ0) is 13.8. The van der Waals surface area contributed by atoms with Crippen molar-refractivity contribution in [2.75, 3.05) is 0 Å². The Balaban J connectivity index is 2.21. The molecule has 1 nitrogen and oxygen atoms in total. The van der Waals surface area contributed by atoms with E-state index in [1.54, 1.807) is 6.08 Å². The number of carbonyl (C=O) groups is 1. The molecule has 3 heteroatoms. The van der Waals surface area contributed by atoms with Crippen molar-refractivity contribution < 1.29 is 13.6 Å². The fraction of sp³-hybridized carbons (Fsp3) is 0.0625. The first-order valence-corrected chi connectivity index (χ1v) is 5.81. The summed E-state index contributed by atoms with van der Waals surface area (Å²) in [7, 11) is 0. The molecule has 2 aromatic rings. The summed E-state index contributed by atoms with van der Waals surface area (Å²) in [5.41, 5.74) is 2.08. The van der Waals surface area contributed by atoms with Crippen LogP contribution in [0.4, 0.5) is 8.78 Å². The summed E-state index contributed by atoms with van der Waals surface area (Å²) < 4.78 is 25.8. The molecule has 0 atom stereocenters. The van der Waals surface area contributed by atoms with Gasteiger partial charge in [-0.15, -0.1) is 0 Å². The van der Waals surface area contributed by atoms with Crippen LogP contribution in [0.15, 0.2) is 48.5 Å². The van der Waals surface area contributed by atoms with E-state index in [1.807, 2.05) is 31.2 Å². The molecule has 0 saturated carbocycles. The van der Waals surface area contributed by atoms with E-state index in [0.29, 0.717) is 0 Å². The molecular formula is C16H12F2O. The van der Waals surface area contributed by atoms with Gasteiger partial charge in [-0.1, -0.05) is 30.3 Å². The standard InChI is InChI=1S/C16H12F2O/c1-11-4-2-3-5-12(11)7-9-16(19)13-6-8-14(17)15(18)10-13/h2-10H,1H3/b9-7+. The van der Waals surface area contributed by atoms with E-state index in [2.05, 4.69) is 0 Å². The average molecular weight is 258 g/mol. The number of rotatable bonds is 3. The maximum atomic E-state index is 13.0. The monoisotopic (exact) mass is 258 g/mol. The Hall–Kier alpha value is -2.29. The second-order valence-corrected chi connectivity index (χ2v) is 4.18. The minimum Gasteiger partial charge on any atom is -0.289 e. The molecular weight excluding hydrogens is 246 g/mol. The van der Waals surface area contributed by atoms with Crippen LogP contribution >= 0.6 is 0 Å². The Bertz CT molecular complexity index is 645. The van der Waals surface area contributed by atoms with Crippen LogP contribution in [0.5, 0.6) is 0 Å². The first kappa shape index (κ1) is 13.1. The number of hydrogen-bond acceptors (Lipinski definition) is 1. The van der Waals surface area contributed by atoms with Gasteiger partial charge in [-0.05, 0) is 42.3 Å². The Morgan fingerprint density at radius 1 is 1.05 bits per heavy atom. The lowest BCUT2D eigenvalue weighted by Gasteiger charge is -1.99. The van der Waals surface area contributed by atoms with Crippen molar-refractivity contribution in [1.29, 1.82) is 0 Å². The van der Waals surface area contributed by atoms with Gasteiger partial charge >= 0.3 is 0 Å². The van der Waals surface area contributed by atoms with E-state index in [9.17, 15) is 13.6 Å². The van der Waals surface area contributed by atoms with Gasteiger partial charge in [0.05, 0.1) is 0 Å². The summed E-state index contributed by atoms with van der Waals surface area (Å²) in [5, 5.41) is 0. The van der Waals surface area contributed by atoms with Crippen LogP contribution in [0.25, 0.3) is 6.08 Å². The lowest BCUT2D eigenvalue weighted by molar-refractivity contribution is 0.104. The van der Waals surface area contributed by atoms with Crippen LogP contribution in [0.1, 0.15) is 21.5 Å². The van der Waals surface area contributed by atoms with Gasteiger partial charge in [-0.2, -0.15) is 0 Å². The number of halogens is 2. The number of carbonyl (C=O) groups excluding carboxylic acids is 1. The lowest BCUT2D eigenvalue weighted by atomic mass is 10.1. The first-order valence-electron chi connectivity index (χ1n) is 5.81. The number of benzene rings is 2. The molecule has 0 aromatic heterocycles. The molecule has 0 saturated heterocycles. The summed E-state index contributed by atoms with van der Waals surface area (Å²) >= 11 is 0. The third-order valence-corrected chi connectivity index (χ3v) is 2.81. The molecule has 19 heavy (non-hydrogen) atoms. The lowest BCUT2D eigenvalue weighted by Crippen LogP contribution is -1.96. The zero-order valence-corrected chi connectivity index (χ0v) is 10.4. The van der Waals surface area contributed by atoms with Gasteiger partial charge in [0.15, 0.2) is 17.4 Å². The Kier molecular flexibility index (Phi) is 3.85. The second kappa shape index (κ2) is 5.57. The fourth-order valence-corrected chi connectivity index (χ4v) is 1.68. The molecule has 0 N–H and O–H groups in total. The molecule has 96 valence electrons. The van der Waals surface area contributed by atoms with Gasteiger partial charge in [0.2, 0.25) is 0 Å². The minimum absolute atomic E-state index is 0.128. The number of allylic oxidation sites excluding steroid dienone is 1. The molecule has 2 aromatic carbocycles. The molecule has 0 unspecified atom stereocenters. The van der Waals surface area contributed by atoms with Crippen molar-refractivity contribution in [3.05, 3.63) is 76.9 Å². The Morgan fingerprint density at radius 2 is 1.79 bits per heavy atom. The zero-order valence-electron chi connectivity index (χ0n) is 10.4. The Morgan fingerprint density at radius 3 is 2.47 bits per heavy atom. The highest BCUT2D eigenvalue weighted by Gasteiger charge is 2.07. The maximum absolute atomic E-state index is 13.0. The SMILES string of the molecule is Cc1ccccc1/C=C/C(=O)c1ccc(F)c(F)c1. The topological polar surface area (TPSA) is 17.1 Å². The molecule has 2 rings (SSSR count). The van der Waals surface area contributed by atoms with Gasteiger partial charge in [0.1, 0.15) is 0 Å². The van der Waals surface area contributed by atoms with E-state index in [0.717, 1.165) is 23.3 Å². The van der Waals surface area contributed by atoms with Crippen LogP contribution in [-0.2, 0) is 0 Å². The molecule has 0 aliphatic carbocycles. The quantitative estimate of drug-likeness (QED) is 0.596. The molecule has 0 radical (unpaired) electrons. The van der Waals surface area contributed by atoms with E-state index in [4.69, 9.17) is 0 Å². The van der Waals surface area contributed by atoms with Crippen molar-refractivity contribution in [3.63, 3.8) is 0 Å². The van der Waals surface area contributed by atoms with Gasteiger partial charge in [-0.25, -0.2) is 8.78 Å². The van der Waals surface area contributed by atoms with Crippen molar-refractivity contribution >= 4 is 11.9 Å². The molecule has 0 aliphatic heterocycles. The van der Waals surface area contributed by atoms with Crippen LogP contribution in [0.3, 0.4) is 0 Å². The Labute approximate surface area is 110 Å². The highest BCUT2D eigenvalue weighted by molar-refractivity contribution is 6.06. The normalized spacial score (nSPS) is 10.9. The predicted molar refractivity (Wildman–Crippen MR) is 70.9 cm³/mol. The van der Waals surface area contributed by atoms with E-state index < -0.39 is 11.6 Å². The smallest absolute Gasteiger partial charge is 0.185 e. The highest BCUT2D eigenvalue weighted by atomic mass is 19.2. The van der Waals surface area contributed by atoms with Crippen LogP contribution in [0.2, 0.25) is 0 Å². The van der Waals surface area contributed by atoms with Crippen molar-refractivity contribution in [1.82, 2.24) is 0 Å². The van der Waals surface area contributed by atoms with Crippen molar-refractivity contribution in [2.45, 2.75) is 6.92 Å². The van der Waals surface area contributed by atoms with E-state index >= 15 is 0 Å². The number of ketones is 1. The highest BCUT2D eigenvalue weighted by Crippen LogP contribution is 2.12. The summed E-state index contributed by atoms with van der Waals surface area (Å²) in [6.45, 7) is 1.93. The van der Waals surface area contributed by atoms with Crippen LogP contribution < -0.4 is 0 Å². The molecule has 0 spiro atoms. The molecule has 0 heterocycles. The minimum atomic E-state index is -1.02. The van der Waals surface area contributed by atoms with Gasteiger partial charge in [0, 0.05) is 5.56 Å². The first-order chi connectivity index (χ1) is 9.08. The molecule has 0 bridgehead atoms.